The number of rotatable bonds is 5. The van der Waals surface area contributed by atoms with E-state index in [1.54, 1.807) is 27.8 Å². The Hall–Kier alpha value is -1.43. The second-order valence-corrected chi connectivity index (χ2v) is 3.99. The number of ether oxygens (including phenoxy) is 1. The number of nitrogens with zero attached hydrogens (tertiary/aromatic N) is 2. The zero-order valence-corrected chi connectivity index (χ0v) is 9.63. The summed E-state index contributed by atoms with van der Waals surface area (Å²) in [7, 11) is 1.60. The number of carbonyl (C=O) groups excluding carboxylic acids is 1. The molecule has 0 radical (unpaired) electrons. The van der Waals surface area contributed by atoms with Gasteiger partial charge in [-0.1, -0.05) is 11.8 Å². The van der Waals surface area contributed by atoms with E-state index >= 15 is 0 Å². The molecule has 0 aromatic carbocycles. The first-order valence-corrected chi connectivity index (χ1v) is 4.53. The smallest absolute Gasteiger partial charge is 0.335 e. The Morgan fingerprint density at radius 3 is 2.47 bits per heavy atom. The van der Waals surface area contributed by atoms with E-state index in [-0.39, 0.29) is 12.1 Å². The highest BCUT2D eigenvalue weighted by Crippen LogP contribution is 2.10. The van der Waals surface area contributed by atoms with Crippen LogP contribution >= 0.6 is 0 Å². The second kappa shape index (κ2) is 5.45. The van der Waals surface area contributed by atoms with Crippen LogP contribution in [0.5, 0.6) is 0 Å². The summed E-state index contributed by atoms with van der Waals surface area (Å²) in [5.41, 5.74) is 9.09. The van der Waals surface area contributed by atoms with Gasteiger partial charge in [-0.2, -0.15) is 5.53 Å². The van der Waals surface area contributed by atoms with Gasteiger partial charge < -0.3 is 4.74 Å². The molecular weight excluding hydrogens is 196 g/mol. The highest BCUT2D eigenvalue weighted by atomic mass is 16.6. The molecule has 0 spiro atoms. The fraction of sp³-hybridized carbons (Fsp3) is 0.667. The van der Waals surface area contributed by atoms with E-state index < -0.39 is 11.6 Å². The van der Waals surface area contributed by atoms with Crippen LogP contribution < -0.4 is 5.43 Å². The van der Waals surface area contributed by atoms with Gasteiger partial charge in [0, 0.05) is 7.05 Å². The molecule has 86 valence electrons. The Labute approximate surface area is 89.7 Å². The monoisotopic (exact) mass is 214 g/mol. The SMILES string of the molecule is C=C(CN(N=N)NC)C(=O)OC(C)(C)C. The molecule has 0 aromatic rings. The largest absolute Gasteiger partial charge is 0.457 e. The van der Waals surface area contributed by atoms with Gasteiger partial charge in [-0.25, -0.2) is 15.3 Å². The molecule has 0 rings (SSSR count). The number of esters is 1. The summed E-state index contributed by atoms with van der Waals surface area (Å²) in [6, 6.07) is 0. The number of nitrogens with one attached hydrogen (secondary N) is 2. The summed E-state index contributed by atoms with van der Waals surface area (Å²) in [5, 5.41) is 4.30. The molecule has 0 saturated carbocycles. The van der Waals surface area contributed by atoms with Crippen molar-refractivity contribution in [2.75, 3.05) is 13.6 Å². The zero-order chi connectivity index (χ0) is 12.1. The Bertz CT molecular complexity index is 257. The third-order valence-electron chi connectivity index (χ3n) is 1.41. The predicted molar refractivity (Wildman–Crippen MR) is 55.9 cm³/mol. The summed E-state index contributed by atoms with van der Waals surface area (Å²) in [6.07, 6.45) is 0. The Morgan fingerprint density at radius 1 is 1.60 bits per heavy atom. The second-order valence-electron chi connectivity index (χ2n) is 3.99. The van der Waals surface area contributed by atoms with E-state index in [9.17, 15) is 4.79 Å². The van der Waals surface area contributed by atoms with E-state index in [0.29, 0.717) is 0 Å². The minimum absolute atomic E-state index is 0.120. The summed E-state index contributed by atoms with van der Waals surface area (Å²) in [4.78, 5) is 11.4. The first-order valence-electron chi connectivity index (χ1n) is 4.53. The first kappa shape index (κ1) is 13.6. The Morgan fingerprint density at radius 2 is 2.13 bits per heavy atom. The van der Waals surface area contributed by atoms with Crippen LogP contribution in [0.4, 0.5) is 0 Å². The molecule has 15 heavy (non-hydrogen) atoms. The minimum atomic E-state index is -0.539. The lowest BCUT2D eigenvalue weighted by Gasteiger charge is -2.21. The van der Waals surface area contributed by atoms with Crippen molar-refractivity contribution in [1.29, 1.82) is 5.53 Å². The number of hydrazine groups is 1. The molecule has 0 bridgehead atoms. The lowest BCUT2D eigenvalue weighted by atomic mass is 10.2. The van der Waals surface area contributed by atoms with E-state index in [1.165, 1.54) is 5.12 Å². The van der Waals surface area contributed by atoms with Crippen LogP contribution in [-0.4, -0.2) is 30.3 Å². The fourth-order valence-electron chi connectivity index (χ4n) is 0.760. The fourth-order valence-corrected chi connectivity index (χ4v) is 0.760. The maximum Gasteiger partial charge on any atom is 0.335 e. The predicted octanol–water partition coefficient (Wildman–Crippen LogP) is 1.27. The standard InChI is InChI=1S/C9H18N4O2/c1-7(6-13(11-5)12-10)8(14)15-9(2,3)4/h10-11H,1,6H2,2-5H3. The molecule has 0 saturated heterocycles. The number of carbonyl (C=O) groups is 1. The summed E-state index contributed by atoms with van der Waals surface area (Å²) >= 11 is 0. The van der Waals surface area contributed by atoms with Crippen LogP contribution in [0, 0.1) is 5.53 Å². The zero-order valence-electron chi connectivity index (χ0n) is 9.63. The number of hydrogen-bond donors (Lipinski definition) is 2. The van der Waals surface area contributed by atoms with Gasteiger partial charge in [0.05, 0.1) is 12.1 Å². The third kappa shape index (κ3) is 5.79. The van der Waals surface area contributed by atoms with Crippen molar-refractivity contribution in [2.24, 2.45) is 5.22 Å². The molecule has 2 N–H and O–H groups in total. The lowest BCUT2D eigenvalue weighted by molar-refractivity contribution is -0.150. The van der Waals surface area contributed by atoms with E-state index in [0.717, 1.165) is 0 Å². The van der Waals surface area contributed by atoms with Crippen LogP contribution in [0.25, 0.3) is 0 Å². The van der Waals surface area contributed by atoms with Crippen molar-refractivity contribution < 1.29 is 9.53 Å². The molecule has 0 atom stereocenters. The molecule has 6 heteroatoms. The molecule has 0 fully saturated rings. The van der Waals surface area contributed by atoms with Gasteiger partial charge in [-0.05, 0) is 20.8 Å². The van der Waals surface area contributed by atoms with Crippen LogP contribution in [0.15, 0.2) is 17.4 Å². The minimum Gasteiger partial charge on any atom is -0.457 e. The van der Waals surface area contributed by atoms with Crippen LogP contribution in [-0.2, 0) is 9.53 Å². The van der Waals surface area contributed by atoms with Crippen molar-refractivity contribution in [1.82, 2.24) is 10.5 Å². The van der Waals surface area contributed by atoms with Crippen molar-refractivity contribution in [3.05, 3.63) is 12.2 Å². The molecule has 0 amide bonds. The van der Waals surface area contributed by atoms with Crippen LogP contribution in [0.2, 0.25) is 0 Å². The normalized spacial score (nSPS) is 10.7. The van der Waals surface area contributed by atoms with Crippen molar-refractivity contribution in [3.8, 4) is 0 Å². The van der Waals surface area contributed by atoms with E-state index in [2.05, 4.69) is 17.2 Å². The average Bonchev–Trinajstić information content (AvgIpc) is 2.10. The molecule has 0 aliphatic carbocycles. The Kier molecular flexibility index (Phi) is 4.93. The molecule has 0 heterocycles. The summed E-state index contributed by atoms with van der Waals surface area (Å²) in [5.74, 6) is -0.480. The molecule has 0 aliphatic heterocycles. The molecular formula is C9H18N4O2. The highest BCUT2D eigenvalue weighted by molar-refractivity contribution is 5.88. The molecule has 6 nitrogen and oxygen atoms in total. The molecule has 0 unspecified atom stereocenters. The molecule has 0 aromatic heterocycles. The maximum absolute atomic E-state index is 11.4. The van der Waals surface area contributed by atoms with E-state index in [4.69, 9.17) is 10.3 Å². The summed E-state index contributed by atoms with van der Waals surface area (Å²) < 4.78 is 5.09. The van der Waals surface area contributed by atoms with Crippen molar-refractivity contribution in [2.45, 2.75) is 26.4 Å². The van der Waals surface area contributed by atoms with Crippen molar-refractivity contribution >= 4 is 5.97 Å². The van der Waals surface area contributed by atoms with Crippen LogP contribution in [0.1, 0.15) is 20.8 Å². The summed E-state index contributed by atoms with van der Waals surface area (Å²) in [6.45, 7) is 9.04. The lowest BCUT2D eigenvalue weighted by Crippen LogP contribution is -2.34. The quantitative estimate of drug-likeness (QED) is 0.312. The van der Waals surface area contributed by atoms with Gasteiger partial charge in [-0.15, -0.1) is 0 Å². The molecule has 0 aliphatic rings. The topological polar surface area (TPSA) is 77.8 Å². The Balaban J connectivity index is 4.22. The average molecular weight is 214 g/mol. The van der Waals surface area contributed by atoms with Gasteiger partial charge >= 0.3 is 5.97 Å². The third-order valence-corrected chi connectivity index (χ3v) is 1.41. The maximum atomic E-state index is 11.4. The van der Waals surface area contributed by atoms with E-state index in [1.807, 2.05) is 0 Å². The first-order chi connectivity index (χ1) is 6.80. The van der Waals surface area contributed by atoms with Gasteiger partial charge in [0.15, 0.2) is 0 Å². The van der Waals surface area contributed by atoms with Gasteiger partial charge in [0.25, 0.3) is 0 Å². The number of hydrogen-bond acceptors (Lipinski definition) is 5. The van der Waals surface area contributed by atoms with Gasteiger partial charge in [0.2, 0.25) is 0 Å². The highest BCUT2D eigenvalue weighted by Gasteiger charge is 2.19. The van der Waals surface area contributed by atoms with Crippen molar-refractivity contribution in [3.63, 3.8) is 0 Å². The van der Waals surface area contributed by atoms with Crippen LogP contribution in [0.3, 0.4) is 0 Å². The van der Waals surface area contributed by atoms with Gasteiger partial charge in [-0.3, -0.25) is 0 Å². The van der Waals surface area contributed by atoms with Gasteiger partial charge in [0.1, 0.15) is 5.60 Å².